The summed E-state index contributed by atoms with van der Waals surface area (Å²) in [6, 6.07) is 1.98. The molecular weight excluding hydrogens is 212 g/mol. The van der Waals surface area contributed by atoms with Crippen molar-refractivity contribution in [3.63, 3.8) is 0 Å². The molecule has 1 rings (SSSR count). The number of aromatic nitrogens is 2. The van der Waals surface area contributed by atoms with Gasteiger partial charge in [0.05, 0.1) is 0 Å². The van der Waals surface area contributed by atoms with E-state index in [4.69, 9.17) is 0 Å². The molecular formula is C10H14N2S2. The van der Waals surface area contributed by atoms with E-state index in [1.807, 2.05) is 26.0 Å². The second-order valence-corrected chi connectivity index (χ2v) is 4.25. The Morgan fingerprint density at radius 1 is 1.29 bits per heavy atom. The summed E-state index contributed by atoms with van der Waals surface area (Å²) in [4.78, 5) is 8.66. The van der Waals surface area contributed by atoms with Crippen LogP contribution in [0.2, 0.25) is 0 Å². The van der Waals surface area contributed by atoms with Crippen LogP contribution in [0, 0.1) is 13.8 Å². The van der Waals surface area contributed by atoms with Gasteiger partial charge in [0.2, 0.25) is 0 Å². The predicted molar refractivity (Wildman–Crippen MR) is 65.2 cm³/mol. The van der Waals surface area contributed by atoms with Gasteiger partial charge in [-0.05, 0) is 19.9 Å². The molecule has 1 aromatic rings. The average Bonchev–Trinajstić information content (AvgIpc) is 2.11. The Morgan fingerprint density at radius 3 is 2.50 bits per heavy atom. The largest absolute Gasteiger partial charge is 0.228 e. The van der Waals surface area contributed by atoms with Crippen molar-refractivity contribution in [2.45, 2.75) is 19.0 Å². The van der Waals surface area contributed by atoms with E-state index in [-0.39, 0.29) is 0 Å². The van der Waals surface area contributed by atoms with E-state index in [1.165, 1.54) is 0 Å². The van der Waals surface area contributed by atoms with E-state index in [2.05, 4.69) is 28.7 Å². The molecule has 0 aliphatic carbocycles. The molecule has 0 unspecified atom stereocenters. The zero-order valence-corrected chi connectivity index (χ0v) is 10.1. The summed E-state index contributed by atoms with van der Waals surface area (Å²) in [5.41, 5.74) is 2.05. The molecule has 0 bridgehead atoms. The SMILES string of the molecule is Cc1cc(C)nc(SCC=CCS)n1. The van der Waals surface area contributed by atoms with Crippen LogP contribution in [0.25, 0.3) is 0 Å². The van der Waals surface area contributed by atoms with E-state index in [9.17, 15) is 0 Å². The monoisotopic (exact) mass is 226 g/mol. The number of hydrogen-bond donors (Lipinski definition) is 1. The van der Waals surface area contributed by atoms with Gasteiger partial charge in [0.25, 0.3) is 0 Å². The first kappa shape index (κ1) is 11.6. The Kier molecular flexibility index (Phi) is 5.04. The fraction of sp³-hybridized carbons (Fsp3) is 0.400. The molecule has 0 fully saturated rings. The first-order valence-electron chi connectivity index (χ1n) is 4.43. The molecule has 0 aromatic carbocycles. The van der Waals surface area contributed by atoms with Crippen molar-refractivity contribution in [2.75, 3.05) is 11.5 Å². The number of thiol groups is 1. The van der Waals surface area contributed by atoms with E-state index < -0.39 is 0 Å². The summed E-state index contributed by atoms with van der Waals surface area (Å²) in [5, 5.41) is 0.853. The van der Waals surface area contributed by atoms with E-state index in [0.29, 0.717) is 0 Å². The lowest BCUT2D eigenvalue weighted by molar-refractivity contribution is 0.903. The van der Waals surface area contributed by atoms with Gasteiger partial charge in [0, 0.05) is 22.9 Å². The number of rotatable bonds is 4. The van der Waals surface area contributed by atoms with Crippen LogP contribution in [-0.2, 0) is 0 Å². The second-order valence-electron chi connectivity index (χ2n) is 2.90. The maximum Gasteiger partial charge on any atom is 0.188 e. The summed E-state index contributed by atoms with van der Waals surface area (Å²) in [6.45, 7) is 3.98. The minimum atomic E-state index is 0.786. The van der Waals surface area contributed by atoms with Gasteiger partial charge >= 0.3 is 0 Å². The van der Waals surface area contributed by atoms with E-state index in [0.717, 1.165) is 28.0 Å². The third-order valence-corrected chi connectivity index (χ3v) is 2.55. The summed E-state index contributed by atoms with van der Waals surface area (Å²) in [6.07, 6.45) is 4.11. The van der Waals surface area contributed by atoms with Crippen LogP contribution in [-0.4, -0.2) is 21.5 Å². The molecule has 1 aromatic heterocycles. The third kappa shape index (κ3) is 4.15. The number of hydrogen-bond acceptors (Lipinski definition) is 4. The molecule has 76 valence electrons. The minimum absolute atomic E-state index is 0.786. The summed E-state index contributed by atoms with van der Waals surface area (Å²) in [7, 11) is 0. The molecule has 0 N–H and O–H groups in total. The lowest BCUT2D eigenvalue weighted by Gasteiger charge is -2.00. The highest BCUT2D eigenvalue weighted by molar-refractivity contribution is 7.99. The van der Waals surface area contributed by atoms with Crippen molar-refractivity contribution in [1.82, 2.24) is 9.97 Å². The molecule has 0 radical (unpaired) electrons. The van der Waals surface area contributed by atoms with Gasteiger partial charge < -0.3 is 0 Å². The topological polar surface area (TPSA) is 25.8 Å². The minimum Gasteiger partial charge on any atom is -0.228 e. The van der Waals surface area contributed by atoms with Crippen molar-refractivity contribution in [3.05, 3.63) is 29.6 Å². The summed E-state index contributed by atoms with van der Waals surface area (Å²) >= 11 is 5.73. The molecule has 0 spiro atoms. The average molecular weight is 226 g/mol. The molecule has 0 saturated carbocycles. The van der Waals surface area contributed by atoms with Gasteiger partial charge in [0.1, 0.15) is 0 Å². The fourth-order valence-corrected chi connectivity index (χ4v) is 1.97. The van der Waals surface area contributed by atoms with E-state index >= 15 is 0 Å². The highest BCUT2D eigenvalue weighted by atomic mass is 32.2. The Bertz CT molecular complexity index is 304. The molecule has 0 atom stereocenters. The third-order valence-electron chi connectivity index (χ3n) is 1.54. The number of thioether (sulfide) groups is 1. The van der Waals surface area contributed by atoms with Crippen LogP contribution in [0.5, 0.6) is 0 Å². The standard InChI is InChI=1S/C10H14N2S2/c1-8-7-9(2)12-10(11-8)14-6-4-3-5-13/h3-4,7,13H,5-6H2,1-2H3. The van der Waals surface area contributed by atoms with Gasteiger partial charge in [-0.1, -0.05) is 23.9 Å². The van der Waals surface area contributed by atoms with Crippen LogP contribution in [0.4, 0.5) is 0 Å². The molecule has 2 nitrogen and oxygen atoms in total. The normalized spacial score (nSPS) is 11.1. The number of aryl methyl sites for hydroxylation is 2. The van der Waals surface area contributed by atoms with Gasteiger partial charge in [0.15, 0.2) is 5.16 Å². The Labute approximate surface area is 94.6 Å². The molecule has 4 heteroatoms. The summed E-state index contributed by atoms with van der Waals surface area (Å²) in [5.74, 6) is 1.69. The highest BCUT2D eigenvalue weighted by Gasteiger charge is 1.98. The van der Waals surface area contributed by atoms with Crippen LogP contribution in [0.3, 0.4) is 0 Å². The smallest absolute Gasteiger partial charge is 0.188 e. The van der Waals surface area contributed by atoms with Crippen molar-refractivity contribution in [3.8, 4) is 0 Å². The van der Waals surface area contributed by atoms with Crippen molar-refractivity contribution < 1.29 is 0 Å². The zero-order chi connectivity index (χ0) is 10.4. The van der Waals surface area contributed by atoms with Crippen LogP contribution in [0.1, 0.15) is 11.4 Å². The van der Waals surface area contributed by atoms with Crippen molar-refractivity contribution in [2.24, 2.45) is 0 Å². The first-order chi connectivity index (χ1) is 6.72. The Balaban J connectivity index is 2.54. The molecule has 0 amide bonds. The molecule has 0 saturated heterocycles. The lowest BCUT2D eigenvalue weighted by atomic mass is 10.4. The maximum absolute atomic E-state index is 4.33. The van der Waals surface area contributed by atoms with Gasteiger partial charge in [-0.2, -0.15) is 12.6 Å². The van der Waals surface area contributed by atoms with Gasteiger partial charge in [-0.25, -0.2) is 9.97 Å². The predicted octanol–water partition coefficient (Wildman–Crippen LogP) is 2.67. The zero-order valence-electron chi connectivity index (χ0n) is 8.40. The molecule has 14 heavy (non-hydrogen) atoms. The van der Waals surface area contributed by atoms with Crippen molar-refractivity contribution in [1.29, 1.82) is 0 Å². The first-order valence-corrected chi connectivity index (χ1v) is 6.05. The van der Waals surface area contributed by atoms with Crippen LogP contribution >= 0.6 is 24.4 Å². The quantitative estimate of drug-likeness (QED) is 0.370. The highest BCUT2D eigenvalue weighted by Crippen LogP contribution is 2.13. The Hall–Kier alpha value is -0.480. The second kappa shape index (κ2) is 6.09. The van der Waals surface area contributed by atoms with Crippen molar-refractivity contribution >= 4 is 24.4 Å². The summed E-state index contributed by atoms with van der Waals surface area (Å²) < 4.78 is 0. The van der Waals surface area contributed by atoms with E-state index in [1.54, 1.807) is 11.8 Å². The molecule has 0 aliphatic heterocycles. The van der Waals surface area contributed by atoms with Gasteiger partial charge in [-0.3, -0.25) is 0 Å². The Morgan fingerprint density at radius 2 is 1.93 bits per heavy atom. The number of nitrogens with zero attached hydrogens (tertiary/aromatic N) is 2. The molecule has 1 heterocycles. The van der Waals surface area contributed by atoms with Crippen LogP contribution < -0.4 is 0 Å². The lowest BCUT2D eigenvalue weighted by Crippen LogP contribution is -1.92. The van der Waals surface area contributed by atoms with Crippen LogP contribution in [0.15, 0.2) is 23.4 Å². The molecule has 0 aliphatic rings. The fourth-order valence-electron chi connectivity index (χ4n) is 1.02. The van der Waals surface area contributed by atoms with Gasteiger partial charge in [-0.15, -0.1) is 0 Å². The maximum atomic E-state index is 4.33.